The molecule has 0 atom stereocenters. The summed E-state index contributed by atoms with van der Waals surface area (Å²) in [7, 11) is 1.60. The van der Waals surface area contributed by atoms with E-state index in [2.05, 4.69) is 11.4 Å². The minimum absolute atomic E-state index is 0.171. The Morgan fingerprint density at radius 3 is 2.45 bits per heavy atom. The molecule has 3 aromatic carbocycles. The van der Waals surface area contributed by atoms with Crippen LogP contribution in [0.2, 0.25) is 0 Å². The van der Waals surface area contributed by atoms with Gasteiger partial charge in [-0.2, -0.15) is 0 Å². The molecule has 0 saturated heterocycles. The second kappa shape index (κ2) is 9.49. The Labute approximate surface area is 181 Å². The highest BCUT2D eigenvalue weighted by Gasteiger charge is 2.18. The summed E-state index contributed by atoms with van der Waals surface area (Å²) in [5.74, 6) is 1.10. The van der Waals surface area contributed by atoms with Gasteiger partial charge in [-0.1, -0.05) is 54.6 Å². The molecule has 5 heteroatoms. The number of nitrogens with one attached hydrogen (secondary N) is 1. The average molecular weight is 415 g/mol. The third-order valence-electron chi connectivity index (χ3n) is 5.12. The summed E-state index contributed by atoms with van der Waals surface area (Å²) in [6, 6.07) is 23.6. The van der Waals surface area contributed by atoms with Crippen LogP contribution in [0.1, 0.15) is 32.8 Å². The zero-order valence-electron chi connectivity index (χ0n) is 17.7. The molecule has 0 fully saturated rings. The molecule has 4 aromatic rings. The largest absolute Gasteiger partial charge is 0.497 e. The van der Waals surface area contributed by atoms with Crippen molar-refractivity contribution in [2.24, 2.45) is 0 Å². The number of carbonyl (C=O) groups excluding carboxylic acids is 1. The van der Waals surface area contributed by atoms with E-state index in [9.17, 15) is 4.79 Å². The summed E-state index contributed by atoms with van der Waals surface area (Å²) in [5.41, 5.74) is 4.43. The molecular weight excluding hydrogens is 390 g/mol. The number of rotatable bonds is 8. The van der Waals surface area contributed by atoms with Crippen molar-refractivity contribution in [2.45, 2.75) is 26.7 Å². The normalized spacial score (nSPS) is 10.9. The first-order valence-corrected chi connectivity index (χ1v) is 10.2. The van der Waals surface area contributed by atoms with Crippen LogP contribution in [-0.2, 0) is 24.5 Å². The molecule has 0 aliphatic rings. The summed E-state index contributed by atoms with van der Waals surface area (Å²) in [6.07, 6.45) is 0. The van der Waals surface area contributed by atoms with E-state index >= 15 is 0 Å². The van der Waals surface area contributed by atoms with Gasteiger partial charge in [0.15, 0.2) is 0 Å². The molecule has 4 rings (SSSR count). The zero-order valence-corrected chi connectivity index (χ0v) is 17.7. The van der Waals surface area contributed by atoms with Gasteiger partial charge >= 0.3 is 0 Å². The highest BCUT2D eigenvalue weighted by molar-refractivity contribution is 6.07. The number of fused-ring (bicyclic) bond motifs is 1. The Hall–Kier alpha value is -3.57. The summed E-state index contributed by atoms with van der Waals surface area (Å²) in [5, 5.41) is 3.75. The van der Waals surface area contributed by atoms with E-state index in [-0.39, 0.29) is 5.91 Å². The Morgan fingerprint density at radius 1 is 0.903 bits per heavy atom. The maximum Gasteiger partial charge on any atom is 0.255 e. The smallest absolute Gasteiger partial charge is 0.255 e. The van der Waals surface area contributed by atoms with Crippen LogP contribution in [0.5, 0.6) is 5.75 Å². The third kappa shape index (κ3) is 4.95. The van der Waals surface area contributed by atoms with Gasteiger partial charge < -0.3 is 19.2 Å². The van der Waals surface area contributed by atoms with Crippen LogP contribution < -0.4 is 10.1 Å². The predicted molar refractivity (Wildman–Crippen MR) is 120 cm³/mol. The van der Waals surface area contributed by atoms with Gasteiger partial charge in [0.1, 0.15) is 17.1 Å². The van der Waals surface area contributed by atoms with E-state index in [1.54, 1.807) is 14.0 Å². The van der Waals surface area contributed by atoms with Crippen molar-refractivity contribution in [1.82, 2.24) is 5.32 Å². The maximum atomic E-state index is 12.9. The minimum atomic E-state index is -0.171. The average Bonchev–Trinajstić information content (AvgIpc) is 3.13. The summed E-state index contributed by atoms with van der Waals surface area (Å²) in [6.45, 7) is 3.30. The molecule has 1 N–H and O–H groups in total. The summed E-state index contributed by atoms with van der Waals surface area (Å²) >= 11 is 0. The van der Waals surface area contributed by atoms with Gasteiger partial charge in [0.05, 0.1) is 25.9 Å². The molecular formula is C26H25NO4. The summed E-state index contributed by atoms with van der Waals surface area (Å²) < 4.78 is 16.8. The van der Waals surface area contributed by atoms with Crippen molar-refractivity contribution < 1.29 is 18.7 Å². The number of furan rings is 1. The topological polar surface area (TPSA) is 60.7 Å². The van der Waals surface area contributed by atoms with Crippen LogP contribution >= 0.6 is 0 Å². The lowest BCUT2D eigenvalue weighted by molar-refractivity contribution is 0.0950. The molecule has 1 heterocycles. The van der Waals surface area contributed by atoms with E-state index in [1.807, 2.05) is 66.7 Å². The second-order valence-corrected chi connectivity index (χ2v) is 7.38. The number of hydrogen-bond acceptors (Lipinski definition) is 4. The third-order valence-corrected chi connectivity index (χ3v) is 5.12. The molecule has 5 nitrogen and oxygen atoms in total. The van der Waals surface area contributed by atoms with Gasteiger partial charge in [-0.25, -0.2) is 0 Å². The SMILES string of the molecule is COc1ccc2oc(C)c(C(=O)NCc3cccc(COCc4ccccc4)c3)c2c1. The number of amides is 1. The minimum Gasteiger partial charge on any atom is -0.497 e. The van der Waals surface area contributed by atoms with Gasteiger partial charge in [0, 0.05) is 11.9 Å². The van der Waals surface area contributed by atoms with Crippen molar-refractivity contribution in [3.8, 4) is 5.75 Å². The molecule has 0 bridgehead atoms. The van der Waals surface area contributed by atoms with Crippen molar-refractivity contribution in [1.29, 1.82) is 0 Å². The molecule has 0 spiro atoms. The van der Waals surface area contributed by atoms with Crippen LogP contribution in [0.3, 0.4) is 0 Å². The molecule has 0 unspecified atom stereocenters. The first-order chi connectivity index (χ1) is 15.1. The fraction of sp³-hybridized carbons (Fsp3) is 0.192. The molecule has 31 heavy (non-hydrogen) atoms. The van der Waals surface area contributed by atoms with Crippen LogP contribution in [-0.4, -0.2) is 13.0 Å². The van der Waals surface area contributed by atoms with Crippen molar-refractivity contribution in [3.05, 3.63) is 101 Å². The first kappa shape index (κ1) is 20.7. The van der Waals surface area contributed by atoms with Crippen LogP contribution in [0, 0.1) is 6.92 Å². The molecule has 0 aliphatic carbocycles. The molecule has 158 valence electrons. The van der Waals surface area contributed by atoms with Crippen LogP contribution in [0.4, 0.5) is 0 Å². The van der Waals surface area contributed by atoms with Crippen LogP contribution in [0.25, 0.3) is 11.0 Å². The number of hydrogen-bond donors (Lipinski definition) is 1. The van der Waals surface area contributed by atoms with Gasteiger partial charge in [-0.05, 0) is 41.8 Å². The van der Waals surface area contributed by atoms with E-state index in [0.29, 0.717) is 42.4 Å². The van der Waals surface area contributed by atoms with Crippen molar-refractivity contribution >= 4 is 16.9 Å². The monoisotopic (exact) mass is 415 g/mol. The number of aryl methyl sites for hydroxylation is 1. The van der Waals surface area contributed by atoms with E-state index in [4.69, 9.17) is 13.9 Å². The van der Waals surface area contributed by atoms with E-state index in [0.717, 1.165) is 22.1 Å². The fourth-order valence-corrected chi connectivity index (χ4v) is 3.57. The van der Waals surface area contributed by atoms with Gasteiger partial charge in [-0.3, -0.25) is 4.79 Å². The Balaban J connectivity index is 1.39. The Kier molecular flexibility index (Phi) is 6.34. The van der Waals surface area contributed by atoms with Crippen molar-refractivity contribution in [2.75, 3.05) is 7.11 Å². The molecule has 0 radical (unpaired) electrons. The molecule has 0 aliphatic heterocycles. The lowest BCUT2D eigenvalue weighted by Gasteiger charge is -2.09. The van der Waals surface area contributed by atoms with Gasteiger partial charge in [0.25, 0.3) is 5.91 Å². The molecule has 1 amide bonds. The Morgan fingerprint density at radius 2 is 1.65 bits per heavy atom. The Bertz CT molecular complexity index is 1180. The van der Waals surface area contributed by atoms with E-state index < -0.39 is 0 Å². The van der Waals surface area contributed by atoms with Crippen LogP contribution in [0.15, 0.2) is 77.2 Å². The lowest BCUT2D eigenvalue weighted by Crippen LogP contribution is -2.23. The molecule has 1 aromatic heterocycles. The number of methoxy groups -OCH3 is 1. The zero-order chi connectivity index (χ0) is 21.6. The lowest BCUT2D eigenvalue weighted by atomic mass is 10.1. The maximum absolute atomic E-state index is 12.9. The number of ether oxygens (including phenoxy) is 2. The highest BCUT2D eigenvalue weighted by Crippen LogP contribution is 2.29. The van der Waals surface area contributed by atoms with Crippen molar-refractivity contribution in [3.63, 3.8) is 0 Å². The summed E-state index contributed by atoms with van der Waals surface area (Å²) in [4.78, 5) is 12.9. The molecule has 0 saturated carbocycles. The number of carbonyl (C=O) groups is 1. The highest BCUT2D eigenvalue weighted by atomic mass is 16.5. The first-order valence-electron chi connectivity index (χ1n) is 10.2. The van der Waals surface area contributed by atoms with E-state index in [1.165, 1.54) is 0 Å². The fourth-order valence-electron chi connectivity index (χ4n) is 3.57. The standard InChI is InChI=1S/C26H25NO4/c1-18-25(23-14-22(29-2)11-12-24(23)31-18)26(28)27-15-20-9-6-10-21(13-20)17-30-16-19-7-4-3-5-8-19/h3-14H,15-17H2,1-2H3,(H,27,28). The predicted octanol–water partition coefficient (Wildman–Crippen LogP) is 5.40. The second-order valence-electron chi connectivity index (χ2n) is 7.38. The quantitative estimate of drug-likeness (QED) is 0.419. The number of benzene rings is 3. The van der Waals surface area contributed by atoms with Gasteiger partial charge in [-0.15, -0.1) is 0 Å². The van der Waals surface area contributed by atoms with Gasteiger partial charge in [0.2, 0.25) is 0 Å².